The molecule has 1 aliphatic heterocycles. The van der Waals surface area contributed by atoms with E-state index in [4.69, 9.17) is 0 Å². The van der Waals surface area contributed by atoms with Crippen molar-refractivity contribution in [3.63, 3.8) is 0 Å². The highest BCUT2D eigenvalue weighted by Gasteiger charge is 2.19. The molecule has 0 spiro atoms. The zero-order chi connectivity index (χ0) is 13.1. The lowest BCUT2D eigenvalue weighted by atomic mass is 9.91. The summed E-state index contributed by atoms with van der Waals surface area (Å²) < 4.78 is 0. The highest BCUT2D eigenvalue weighted by molar-refractivity contribution is 6.07. The second-order valence-electron chi connectivity index (χ2n) is 5.25. The van der Waals surface area contributed by atoms with E-state index in [1.165, 1.54) is 6.42 Å². The molecule has 3 rings (SSSR count). The number of carbonyl (C=O) groups excluding carboxylic acids is 1. The van der Waals surface area contributed by atoms with Crippen molar-refractivity contribution >= 4 is 16.6 Å². The first-order valence-corrected chi connectivity index (χ1v) is 6.91. The number of hydrogen-bond acceptors (Lipinski definition) is 3. The zero-order valence-electron chi connectivity index (χ0n) is 10.9. The summed E-state index contributed by atoms with van der Waals surface area (Å²) in [5, 5.41) is 5.42. The SMILES string of the molecule is O=C(CC1CCCNC1)c1cncc2ccccc12. The van der Waals surface area contributed by atoms with Gasteiger partial charge in [-0.3, -0.25) is 9.78 Å². The average Bonchev–Trinajstić information content (AvgIpc) is 2.47. The molecule has 19 heavy (non-hydrogen) atoms. The van der Waals surface area contributed by atoms with Crippen LogP contribution in [0.15, 0.2) is 36.7 Å². The molecule has 1 atom stereocenters. The van der Waals surface area contributed by atoms with Gasteiger partial charge in [-0.25, -0.2) is 0 Å². The second-order valence-corrected chi connectivity index (χ2v) is 5.25. The third kappa shape index (κ3) is 2.66. The molecule has 0 radical (unpaired) electrons. The molecule has 0 bridgehead atoms. The van der Waals surface area contributed by atoms with Gasteiger partial charge in [0.05, 0.1) is 0 Å². The van der Waals surface area contributed by atoms with Crippen molar-refractivity contribution in [2.75, 3.05) is 13.1 Å². The minimum Gasteiger partial charge on any atom is -0.316 e. The van der Waals surface area contributed by atoms with Gasteiger partial charge in [0, 0.05) is 29.8 Å². The number of fused-ring (bicyclic) bond motifs is 1. The summed E-state index contributed by atoms with van der Waals surface area (Å²) in [5.74, 6) is 0.693. The molecule has 1 aliphatic rings. The van der Waals surface area contributed by atoms with Gasteiger partial charge in [0.15, 0.2) is 5.78 Å². The van der Waals surface area contributed by atoms with Gasteiger partial charge in [-0.15, -0.1) is 0 Å². The van der Waals surface area contributed by atoms with E-state index in [2.05, 4.69) is 10.3 Å². The van der Waals surface area contributed by atoms with Gasteiger partial charge in [0.1, 0.15) is 0 Å². The monoisotopic (exact) mass is 254 g/mol. The number of hydrogen-bond donors (Lipinski definition) is 1. The number of ketones is 1. The predicted molar refractivity (Wildman–Crippen MR) is 76.3 cm³/mol. The maximum Gasteiger partial charge on any atom is 0.165 e. The molecule has 1 aromatic heterocycles. The van der Waals surface area contributed by atoms with E-state index < -0.39 is 0 Å². The van der Waals surface area contributed by atoms with Crippen molar-refractivity contribution in [3.05, 3.63) is 42.2 Å². The summed E-state index contributed by atoms with van der Waals surface area (Å²) in [4.78, 5) is 16.6. The molecule has 1 unspecified atom stereocenters. The van der Waals surface area contributed by atoms with Crippen molar-refractivity contribution in [1.82, 2.24) is 10.3 Å². The minimum atomic E-state index is 0.220. The molecule has 1 N–H and O–H groups in total. The summed E-state index contributed by atoms with van der Waals surface area (Å²) in [6.07, 6.45) is 6.47. The lowest BCUT2D eigenvalue weighted by Gasteiger charge is -2.22. The van der Waals surface area contributed by atoms with E-state index in [9.17, 15) is 4.79 Å². The van der Waals surface area contributed by atoms with Gasteiger partial charge in [0.25, 0.3) is 0 Å². The van der Waals surface area contributed by atoms with Crippen LogP contribution < -0.4 is 5.32 Å². The Hall–Kier alpha value is -1.74. The fourth-order valence-electron chi connectivity index (χ4n) is 2.81. The van der Waals surface area contributed by atoms with Gasteiger partial charge >= 0.3 is 0 Å². The molecule has 98 valence electrons. The predicted octanol–water partition coefficient (Wildman–Crippen LogP) is 2.81. The molecule has 1 aromatic carbocycles. The number of nitrogens with zero attached hydrogens (tertiary/aromatic N) is 1. The molecule has 3 heteroatoms. The normalized spacial score (nSPS) is 19.5. The van der Waals surface area contributed by atoms with E-state index >= 15 is 0 Å². The molecule has 1 fully saturated rings. The average molecular weight is 254 g/mol. The third-order valence-electron chi connectivity index (χ3n) is 3.84. The van der Waals surface area contributed by atoms with Gasteiger partial charge < -0.3 is 5.32 Å². The summed E-state index contributed by atoms with van der Waals surface area (Å²) in [6.45, 7) is 2.05. The molecule has 1 saturated heterocycles. The fraction of sp³-hybridized carbons (Fsp3) is 0.375. The quantitative estimate of drug-likeness (QED) is 0.856. The highest BCUT2D eigenvalue weighted by atomic mass is 16.1. The second kappa shape index (κ2) is 5.49. The number of Topliss-reactive ketones (excluding diaryl/α,β-unsaturated/α-hetero) is 1. The molecular weight excluding hydrogens is 236 g/mol. The topological polar surface area (TPSA) is 42.0 Å². The lowest BCUT2D eigenvalue weighted by molar-refractivity contribution is 0.0955. The van der Waals surface area contributed by atoms with E-state index in [1.54, 1.807) is 6.20 Å². The van der Waals surface area contributed by atoms with Crippen molar-refractivity contribution in [1.29, 1.82) is 0 Å². The Morgan fingerprint density at radius 2 is 2.21 bits per heavy atom. The Morgan fingerprint density at radius 1 is 1.32 bits per heavy atom. The molecule has 0 aliphatic carbocycles. The van der Waals surface area contributed by atoms with Crippen LogP contribution in [-0.2, 0) is 0 Å². The van der Waals surface area contributed by atoms with E-state index in [0.717, 1.165) is 35.8 Å². The first kappa shape index (κ1) is 12.3. The van der Waals surface area contributed by atoms with Crippen LogP contribution in [0.1, 0.15) is 29.6 Å². The van der Waals surface area contributed by atoms with E-state index in [-0.39, 0.29) is 5.78 Å². The number of piperidine rings is 1. The van der Waals surface area contributed by atoms with Crippen molar-refractivity contribution in [2.24, 2.45) is 5.92 Å². The molecule has 3 nitrogen and oxygen atoms in total. The van der Waals surface area contributed by atoms with Crippen molar-refractivity contribution in [3.8, 4) is 0 Å². The van der Waals surface area contributed by atoms with Gasteiger partial charge in [0.2, 0.25) is 0 Å². The fourth-order valence-corrected chi connectivity index (χ4v) is 2.81. The van der Waals surface area contributed by atoms with Crippen LogP contribution >= 0.6 is 0 Å². The number of aromatic nitrogens is 1. The van der Waals surface area contributed by atoms with Gasteiger partial charge in [-0.1, -0.05) is 24.3 Å². The highest BCUT2D eigenvalue weighted by Crippen LogP contribution is 2.22. The molecule has 0 amide bonds. The van der Waals surface area contributed by atoms with Gasteiger partial charge in [-0.2, -0.15) is 0 Å². The minimum absolute atomic E-state index is 0.220. The van der Waals surface area contributed by atoms with Crippen LogP contribution in [0.4, 0.5) is 0 Å². The summed E-state index contributed by atoms with van der Waals surface area (Å²) >= 11 is 0. The smallest absolute Gasteiger partial charge is 0.165 e. The summed E-state index contributed by atoms with van der Waals surface area (Å²) in [5.41, 5.74) is 0.767. The molecular formula is C16H18N2O. The number of rotatable bonds is 3. The van der Waals surface area contributed by atoms with E-state index in [0.29, 0.717) is 12.3 Å². The van der Waals surface area contributed by atoms with Crippen LogP contribution in [0.3, 0.4) is 0 Å². The van der Waals surface area contributed by atoms with Crippen LogP contribution in [0.25, 0.3) is 10.8 Å². The Morgan fingerprint density at radius 3 is 3.05 bits per heavy atom. The zero-order valence-corrected chi connectivity index (χ0v) is 10.9. The Bertz CT molecular complexity index is 583. The maximum absolute atomic E-state index is 12.5. The van der Waals surface area contributed by atoms with Crippen LogP contribution in [-0.4, -0.2) is 23.9 Å². The lowest BCUT2D eigenvalue weighted by Crippen LogP contribution is -2.31. The van der Waals surface area contributed by atoms with Crippen molar-refractivity contribution in [2.45, 2.75) is 19.3 Å². The number of carbonyl (C=O) groups is 1. The van der Waals surface area contributed by atoms with Crippen LogP contribution in [0.5, 0.6) is 0 Å². The summed E-state index contributed by atoms with van der Waals surface area (Å²) in [7, 11) is 0. The standard InChI is InChI=1S/C16H18N2O/c19-16(8-12-4-3-7-17-9-12)15-11-18-10-13-5-1-2-6-14(13)15/h1-2,5-6,10-12,17H,3-4,7-9H2. The molecule has 2 heterocycles. The largest absolute Gasteiger partial charge is 0.316 e. The van der Waals surface area contributed by atoms with Crippen molar-refractivity contribution < 1.29 is 4.79 Å². The maximum atomic E-state index is 12.5. The van der Waals surface area contributed by atoms with E-state index in [1.807, 2.05) is 30.5 Å². The van der Waals surface area contributed by atoms with Gasteiger partial charge in [-0.05, 0) is 37.2 Å². The Kier molecular flexibility index (Phi) is 3.56. The number of pyridine rings is 1. The molecule has 0 saturated carbocycles. The number of nitrogens with one attached hydrogen (secondary N) is 1. The third-order valence-corrected chi connectivity index (χ3v) is 3.84. The number of benzene rings is 1. The first-order valence-electron chi connectivity index (χ1n) is 6.91. The summed E-state index contributed by atoms with van der Waals surface area (Å²) in [6, 6.07) is 7.95. The van der Waals surface area contributed by atoms with Crippen LogP contribution in [0.2, 0.25) is 0 Å². The van der Waals surface area contributed by atoms with Crippen LogP contribution in [0, 0.1) is 5.92 Å². The Balaban J connectivity index is 1.85. The molecule has 2 aromatic rings. The first-order chi connectivity index (χ1) is 9.34. The Labute approximate surface area is 113 Å².